The van der Waals surface area contributed by atoms with E-state index in [9.17, 15) is 4.79 Å². The fourth-order valence-electron chi connectivity index (χ4n) is 1.30. The molecule has 3 nitrogen and oxygen atoms in total. The molecule has 0 saturated carbocycles. The SMILES string of the molecule is C=CCN(CCO)C(=O)c1cscc1C. The number of hydrogen-bond acceptors (Lipinski definition) is 3. The molecule has 1 amide bonds. The molecule has 0 aromatic carbocycles. The number of amides is 1. The van der Waals surface area contributed by atoms with Crippen LogP contribution in [0.3, 0.4) is 0 Å². The average molecular weight is 225 g/mol. The summed E-state index contributed by atoms with van der Waals surface area (Å²) >= 11 is 1.51. The van der Waals surface area contributed by atoms with Gasteiger partial charge in [0, 0.05) is 18.5 Å². The zero-order valence-electron chi connectivity index (χ0n) is 8.77. The maximum Gasteiger partial charge on any atom is 0.255 e. The van der Waals surface area contributed by atoms with Gasteiger partial charge in [0.15, 0.2) is 0 Å². The molecule has 1 N–H and O–H groups in total. The summed E-state index contributed by atoms with van der Waals surface area (Å²) in [4.78, 5) is 13.6. The number of hydrogen-bond donors (Lipinski definition) is 1. The van der Waals surface area contributed by atoms with Gasteiger partial charge in [0.05, 0.1) is 12.2 Å². The molecule has 82 valence electrons. The van der Waals surface area contributed by atoms with E-state index in [4.69, 9.17) is 5.11 Å². The van der Waals surface area contributed by atoms with E-state index in [0.717, 1.165) is 11.1 Å². The highest BCUT2D eigenvalue weighted by Gasteiger charge is 2.16. The van der Waals surface area contributed by atoms with Crippen LogP contribution in [0.5, 0.6) is 0 Å². The van der Waals surface area contributed by atoms with Crippen LogP contribution in [0, 0.1) is 6.92 Å². The van der Waals surface area contributed by atoms with E-state index in [2.05, 4.69) is 6.58 Å². The van der Waals surface area contributed by atoms with E-state index >= 15 is 0 Å². The molecule has 1 rings (SSSR count). The summed E-state index contributed by atoms with van der Waals surface area (Å²) < 4.78 is 0. The first-order valence-corrected chi connectivity index (χ1v) is 5.68. The Hall–Kier alpha value is -1.13. The number of carbonyl (C=O) groups excluding carboxylic acids is 1. The van der Waals surface area contributed by atoms with Gasteiger partial charge >= 0.3 is 0 Å². The standard InChI is InChI=1S/C11H15NO2S/c1-3-4-12(5-6-13)11(14)10-8-15-7-9(10)2/h3,7-8,13H,1,4-6H2,2H3. The summed E-state index contributed by atoms with van der Waals surface area (Å²) in [5, 5.41) is 12.6. The second kappa shape index (κ2) is 5.68. The van der Waals surface area contributed by atoms with E-state index in [0.29, 0.717) is 13.1 Å². The minimum Gasteiger partial charge on any atom is -0.395 e. The molecule has 0 atom stereocenters. The van der Waals surface area contributed by atoms with Gasteiger partial charge in [-0.1, -0.05) is 6.08 Å². The van der Waals surface area contributed by atoms with Gasteiger partial charge in [-0.2, -0.15) is 11.3 Å². The first-order chi connectivity index (χ1) is 7.20. The largest absolute Gasteiger partial charge is 0.395 e. The second-order valence-corrected chi connectivity index (χ2v) is 3.98. The molecule has 0 saturated heterocycles. The van der Waals surface area contributed by atoms with Crippen molar-refractivity contribution in [3.05, 3.63) is 34.5 Å². The van der Waals surface area contributed by atoms with E-state index in [1.54, 1.807) is 11.0 Å². The first-order valence-electron chi connectivity index (χ1n) is 4.74. The monoisotopic (exact) mass is 225 g/mol. The fourth-order valence-corrected chi connectivity index (χ4v) is 2.12. The third-order valence-electron chi connectivity index (χ3n) is 2.09. The van der Waals surface area contributed by atoms with Gasteiger partial charge in [-0.25, -0.2) is 0 Å². The minimum absolute atomic E-state index is 0.0250. The normalized spacial score (nSPS) is 10.0. The fraction of sp³-hybridized carbons (Fsp3) is 0.364. The molecule has 1 aromatic rings. The molecule has 0 spiro atoms. The number of aryl methyl sites for hydroxylation is 1. The van der Waals surface area contributed by atoms with Gasteiger partial charge < -0.3 is 10.0 Å². The maximum absolute atomic E-state index is 12.0. The molecule has 0 radical (unpaired) electrons. The minimum atomic E-state index is -0.0392. The van der Waals surface area contributed by atoms with Crippen LogP contribution in [0.4, 0.5) is 0 Å². The van der Waals surface area contributed by atoms with Gasteiger partial charge in [-0.05, 0) is 17.9 Å². The molecule has 0 unspecified atom stereocenters. The van der Waals surface area contributed by atoms with Gasteiger partial charge in [-0.15, -0.1) is 6.58 Å². The molecular formula is C11H15NO2S. The number of nitrogens with zero attached hydrogens (tertiary/aromatic N) is 1. The van der Waals surface area contributed by atoms with Crippen LogP contribution >= 0.6 is 11.3 Å². The molecule has 1 aromatic heterocycles. The summed E-state index contributed by atoms with van der Waals surface area (Å²) in [6.45, 7) is 6.30. The topological polar surface area (TPSA) is 40.5 Å². The predicted octanol–water partition coefficient (Wildman–Crippen LogP) is 1.68. The number of aliphatic hydroxyl groups excluding tert-OH is 1. The van der Waals surface area contributed by atoms with Gasteiger partial charge in [-0.3, -0.25) is 4.79 Å². The van der Waals surface area contributed by atoms with Crippen molar-refractivity contribution < 1.29 is 9.90 Å². The van der Waals surface area contributed by atoms with Crippen molar-refractivity contribution in [2.75, 3.05) is 19.7 Å². The van der Waals surface area contributed by atoms with Crippen molar-refractivity contribution >= 4 is 17.2 Å². The summed E-state index contributed by atoms with van der Waals surface area (Å²) in [5.74, 6) is -0.0392. The van der Waals surface area contributed by atoms with Crippen LogP contribution in [0.15, 0.2) is 23.4 Å². The van der Waals surface area contributed by atoms with Crippen molar-refractivity contribution in [2.45, 2.75) is 6.92 Å². The van der Waals surface area contributed by atoms with Crippen LogP contribution in [-0.4, -0.2) is 35.6 Å². The molecular weight excluding hydrogens is 210 g/mol. The smallest absolute Gasteiger partial charge is 0.255 e. The molecule has 0 aliphatic carbocycles. The number of thiophene rings is 1. The Kier molecular flexibility index (Phi) is 4.52. The van der Waals surface area contributed by atoms with E-state index in [1.165, 1.54) is 11.3 Å². The molecule has 0 bridgehead atoms. The van der Waals surface area contributed by atoms with Crippen molar-refractivity contribution in [2.24, 2.45) is 0 Å². The van der Waals surface area contributed by atoms with E-state index in [-0.39, 0.29) is 12.5 Å². The Balaban J connectivity index is 2.80. The molecule has 0 fully saturated rings. The lowest BCUT2D eigenvalue weighted by molar-refractivity contribution is 0.0742. The first kappa shape index (κ1) is 11.9. The molecule has 1 heterocycles. The van der Waals surface area contributed by atoms with Gasteiger partial charge in [0.25, 0.3) is 5.91 Å². The van der Waals surface area contributed by atoms with Crippen molar-refractivity contribution in [3.8, 4) is 0 Å². The number of aliphatic hydroxyl groups is 1. The van der Waals surface area contributed by atoms with Crippen LogP contribution < -0.4 is 0 Å². The van der Waals surface area contributed by atoms with Crippen LogP contribution in [-0.2, 0) is 0 Å². The second-order valence-electron chi connectivity index (χ2n) is 3.23. The summed E-state index contributed by atoms with van der Waals surface area (Å²) in [6.07, 6.45) is 1.66. The Morgan fingerprint density at radius 3 is 2.87 bits per heavy atom. The van der Waals surface area contributed by atoms with Gasteiger partial charge in [0.1, 0.15) is 0 Å². The molecule has 4 heteroatoms. The summed E-state index contributed by atoms with van der Waals surface area (Å²) in [5.41, 5.74) is 1.70. The van der Waals surface area contributed by atoms with Crippen molar-refractivity contribution in [3.63, 3.8) is 0 Å². The Morgan fingerprint density at radius 1 is 1.67 bits per heavy atom. The molecule has 15 heavy (non-hydrogen) atoms. The van der Waals surface area contributed by atoms with E-state index < -0.39 is 0 Å². The molecule has 0 aliphatic heterocycles. The number of rotatable bonds is 5. The van der Waals surface area contributed by atoms with Gasteiger partial charge in [0.2, 0.25) is 0 Å². The lowest BCUT2D eigenvalue weighted by atomic mass is 10.2. The van der Waals surface area contributed by atoms with Crippen molar-refractivity contribution in [1.29, 1.82) is 0 Å². The summed E-state index contributed by atoms with van der Waals surface area (Å²) in [7, 11) is 0. The van der Waals surface area contributed by atoms with Crippen LogP contribution in [0.2, 0.25) is 0 Å². The lowest BCUT2D eigenvalue weighted by Crippen LogP contribution is -2.33. The number of carbonyl (C=O) groups is 1. The zero-order chi connectivity index (χ0) is 11.3. The van der Waals surface area contributed by atoms with Crippen LogP contribution in [0.1, 0.15) is 15.9 Å². The molecule has 0 aliphatic rings. The summed E-state index contributed by atoms with van der Waals surface area (Å²) in [6, 6.07) is 0. The maximum atomic E-state index is 12.0. The highest BCUT2D eigenvalue weighted by molar-refractivity contribution is 7.08. The Bertz CT molecular complexity index is 346. The quantitative estimate of drug-likeness (QED) is 0.774. The average Bonchev–Trinajstić information content (AvgIpc) is 2.63. The Labute approximate surface area is 93.7 Å². The highest BCUT2D eigenvalue weighted by atomic mass is 32.1. The predicted molar refractivity (Wildman–Crippen MR) is 62.2 cm³/mol. The zero-order valence-corrected chi connectivity index (χ0v) is 9.59. The Morgan fingerprint density at radius 2 is 2.40 bits per heavy atom. The lowest BCUT2D eigenvalue weighted by Gasteiger charge is -2.19. The third kappa shape index (κ3) is 2.91. The third-order valence-corrected chi connectivity index (χ3v) is 2.95. The van der Waals surface area contributed by atoms with Crippen molar-refractivity contribution in [1.82, 2.24) is 4.90 Å². The van der Waals surface area contributed by atoms with E-state index in [1.807, 2.05) is 17.7 Å². The highest BCUT2D eigenvalue weighted by Crippen LogP contribution is 2.15. The van der Waals surface area contributed by atoms with Crippen LogP contribution in [0.25, 0.3) is 0 Å².